The van der Waals surface area contributed by atoms with Gasteiger partial charge in [-0.05, 0) is 37.3 Å². The van der Waals surface area contributed by atoms with Crippen LogP contribution in [0.3, 0.4) is 0 Å². The predicted molar refractivity (Wildman–Crippen MR) is 77.8 cm³/mol. The van der Waals surface area contributed by atoms with Crippen molar-refractivity contribution in [2.24, 2.45) is 11.8 Å². The minimum Gasteiger partial charge on any atom is -0.493 e. The number of ether oxygens (including phenoxy) is 2. The minimum absolute atomic E-state index is 0.127. The van der Waals surface area contributed by atoms with Crippen molar-refractivity contribution in [1.29, 1.82) is 0 Å². The fraction of sp³-hybridized carbons (Fsp3) is 0.625. The molecule has 0 aromatic heterocycles. The van der Waals surface area contributed by atoms with Crippen LogP contribution < -0.4 is 14.8 Å². The Bertz CT molecular complexity index is 454. The lowest BCUT2D eigenvalue weighted by molar-refractivity contribution is -0.0518. The molecule has 5 heteroatoms. The Hall–Kier alpha value is -1.36. The fourth-order valence-corrected chi connectivity index (χ4v) is 3.01. The number of alkyl halides is 2. The maximum Gasteiger partial charge on any atom is 0.387 e. The second-order valence-corrected chi connectivity index (χ2v) is 5.74. The molecule has 0 heterocycles. The molecule has 0 spiro atoms. The van der Waals surface area contributed by atoms with E-state index < -0.39 is 6.61 Å². The smallest absolute Gasteiger partial charge is 0.387 e. The first-order valence-corrected chi connectivity index (χ1v) is 7.41. The summed E-state index contributed by atoms with van der Waals surface area (Å²) in [4.78, 5) is 0. The molecule has 1 aromatic rings. The third-order valence-corrected chi connectivity index (χ3v) is 4.04. The second kappa shape index (κ2) is 7.59. The third kappa shape index (κ3) is 4.56. The molecule has 1 aromatic carbocycles. The quantitative estimate of drug-likeness (QED) is 0.830. The highest BCUT2D eigenvalue weighted by molar-refractivity contribution is 5.46. The zero-order valence-corrected chi connectivity index (χ0v) is 12.6. The Balaban J connectivity index is 1.95. The van der Waals surface area contributed by atoms with Crippen LogP contribution in [0.25, 0.3) is 0 Å². The van der Waals surface area contributed by atoms with Crippen LogP contribution in [0.2, 0.25) is 0 Å². The summed E-state index contributed by atoms with van der Waals surface area (Å²) in [7, 11) is 1.45. The molecule has 2 unspecified atom stereocenters. The Morgan fingerprint density at radius 3 is 2.76 bits per heavy atom. The number of rotatable bonds is 7. The van der Waals surface area contributed by atoms with Crippen LogP contribution in [0.15, 0.2) is 18.2 Å². The summed E-state index contributed by atoms with van der Waals surface area (Å²) in [6.07, 6.45) is 3.77. The van der Waals surface area contributed by atoms with Crippen molar-refractivity contribution in [3.8, 4) is 11.5 Å². The van der Waals surface area contributed by atoms with Crippen LogP contribution in [0, 0.1) is 11.8 Å². The molecule has 0 aliphatic heterocycles. The Labute approximate surface area is 124 Å². The van der Waals surface area contributed by atoms with E-state index in [1.807, 2.05) is 0 Å². The number of para-hydroxylation sites is 1. The van der Waals surface area contributed by atoms with Crippen LogP contribution in [0.4, 0.5) is 8.78 Å². The molecule has 118 valence electrons. The monoisotopic (exact) mass is 299 g/mol. The predicted octanol–water partition coefficient (Wildman–Crippen LogP) is 3.82. The summed E-state index contributed by atoms with van der Waals surface area (Å²) >= 11 is 0. The molecule has 21 heavy (non-hydrogen) atoms. The van der Waals surface area contributed by atoms with Crippen LogP contribution in [0.1, 0.15) is 31.7 Å². The van der Waals surface area contributed by atoms with Crippen molar-refractivity contribution in [2.75, 3.05) is 13.7 Å². The maximum atomic E-state index is 12.5. The molecule has 0 saturated heterocycles. The number of methoxy groups -OCH3 is 1. The average molecular weight is 299 g/mol. The van der Waals surface area contributed by atoms with Crippen molar-refractivity contribution in [2.45, 2.75) is 39.3 Å². The molecule has 0 amide bonds. The third-order valence-electron chi connectivity index (χ3n) is 4.04. The summed E-state index contributed by atoms with van der Waals surface area (Å²) in [6.45, 7) is 0.840. The van der Waals surface area contributed by atoms with E-state index in [0.717, 1.165) is 12.5 Å². The van der Waals surface area contributed by atoms with Gasteiger partial charge in [0.25, 0.3) is 0 Å². The highest BCUT2D eigenvalue weighted by atomic mass is 19.3. The van der Waals surface area contributed by atoms with Gasteiger partial charge in [-0.3, -0.25) is 0 Å². The Morgan fingerprint density at radius 1 is 1.33 bits per heavy atom. The van der Waals surface area contributed by atoms with Crippen molar-refractivity contribution >= 4 is 0 Å². The van der Waals surface area contributed by atoms with E-state index in [1.54, 1.807) is 18.2 Å². The van der Waals surface area contributed by atoms with Gasteiger partial charge in [0.2, 0.25) is 0 Å². The molecule has 3 nitrogen and oxygen atoms in total. The number of hydrogen-bond acceptors (Lipinski definition) is 3. The summed E-state index contributed by atoms with van der Waals surface area (Å²) < 4.78 is 34.8. The number of nitrogens with one attached hydrogen (secondary N) is 1. The number of halogens is 2. The lowest BCUT2D eigenvalue weighted by Crippen LogP contribution is -2.21. The maximum absolute atomic E-state index is 12.5. The van der Waals surface area contributed by atoms with E-state index in [-0.39, 0.29) is 5.75 Å². The first kappa shape index (κ1) is 16.0. The summed E-state index contributed by atoms with van der Waals surface area (Å²) in [5.74, 6) is 1.95. The van der Waals surface area contributed by atoms with E-state index in [1.165, 1.54) is 26.4 Å². The highest BCUT2D eigenvalue weighted by Gasteiger charge is 2.21. The van der Waals surface area contributed by atoms with Gasteiger partial charge in [0.15, 0.2) is 11.5 Å². The van der Waals surface area contributed by atoms with Gasteiger partial charge >= 0.3 is 6.61 Å². The number of benzene rings is 1. The number of hydrogen-bond donors (Lipinski definition) is 1. The van der Waals surface area contributed by atoms with Crippen LogP contribution >= 0.6 is 0 Å². The van der Waals surface area contributed by atoms with Crippen molar-refractivity contribution < 1.29 is 18.3 Å². The molecule has 0 bridgehead atoms. The standard InChI is InChI=1S/C16H23F2NO2/c1-11-6-7-12(8-11)9-19-10-13-4-3-5-14(20-2)15(13)21-16(17)18/h3-5,11-12,16,19H,6-10H2,1-2H3. The van der Waals surface area contributed by atoms with Gasteiger partial charge in [0, 0.05) is 12.1 Å². The molecule has 1 N–H and O–H groups in total. The van der Waals surface area contributed by atoms with Gasteiger partial charge in [-0.1, -0.05) is 25.5 Å². The van der Waals surface area contributed by atoms with Crippen LogP contribution in [-0.2, 0) is 6.54 Å². The molecule has 1 aliphatic rings. The first-order chi connectivity index (χ1) is 10.1. The van der Waals surface area contributed by atoms with E-state index >= 15 is 0 Å². The fourth-order valence-electron chi connectivity index (χ4n) is 3.01. The molecule has 1 fully saturated rings. The molecule has 1 aliphatic carbocycles. The normalized spacial score (nSPS) is 21.8. The highest BCUT2D eigenvalue weighted by Crippen LogP contribution is 2.33. The van der Waals surface area contributed by atoms with Crippen molar-refractivity contribution in [3.05, 3.63) is 23.8 Å². The molecule has 2 rings (SSSR count). The van der Waals surface area contributed by atoms with Crippen LogP contribution in [0.5, 0.6) is 11.5 Å². The lowest BCUT2D eigenvalue weighted by atomic mass is 10.1. The zero-order chi connectivity index (χ0) is 15.2. The summed E-state index contributed by atoms with van der Waals surface area (Å²) in [6, 6.07) is 5.19. The van der Waals surface area contributed by atoms with Gasteiger partial charge in [-0.2, -0.15) is 8.78 Å². The van der Waals surface area contributed by atoms with Gasteiger partial charge in [0.1, 0.15) is 0 Å². The summed E-state index contributed by atoms with van der Waals surface area (Å²) in [5.41, 5.74) is 0.695. The van der Waals surface area contributed by atoms with E-state index in [9.17, 15) is 8.78 Å². The van der Waals surface area contributed by atoms with E-state index in [4.69, 9.17) is 4.74 Å². The van der Waals surface area contributed by atoms with Crippen molar-refractivity contribution in [1.82, 2.24) is 5.32 Å². The average Bonchev–Trinajstić information content (AvgIpc) is 2.85. The molecular formula is C16H23F2NO2. The van der Waals surface area contributed by atoms with E-state index in [2.05, 4.69) is 17.0 Å². The first-order valence-electron chi connectivity index (χ1n) is 7.41. The van der Waals surface area contributed by atoms with E-state index in [0.29, 0.717) is 23.8 Å². The Kier molecular flexibility index (Phi) is 5.79. The second-order valence-electron chi connectivity index (χ2n) is 5.74. The molecule has 0 radical (unpaired) electrons. The van der Waals surface area contributed by atoms with Gasteiger partial charge in [-0.15, -0.1) is 0 Å². The molecular weight excluding hydrogens is 276 g/mol. The molecule has 1 saturated carbocycles. The minimum atomic E-state index is -2.85. The van der Waals surface area contributed by atoms with Gasteiger partial charge < -0.3 is 14.8 Å². The van der Waals surface area contributed by atoms with Gasteiger partial charge in [0.05, 0.1) is 7.11 Å². The van der Waals surface area contributed by atoms with Crippen molar-refractivity contribution in [3.63, 3.8) is 0 Å². The zero-order valence-electron chi connectivity index (χ0n) is 12.6. The summed E-state index contributed by atoms with van der Waals surface area (Å²) in [5, 5.41) is 3.35. The Morgan fingerprint density at radius 2 is 2.14 bits per heavy atom. The topological polar surface area (TPSA) is 30.5 Å². The van der Waals surface area contributed by atoms with Crippen LogP contribution in [-0.4, -0.2) is 20.3 Å². The molecule has 2 atom stereocenters. The lowest BCUT2D eigenvalue weighted by Gasteiger charge is -2.16. The SMILES string of the molecule is COc1cccc(CNCC2CCC(C)C2)c1OC(F)F. The van der Waals surface area contributed by atoms with Gasteiger partial charge in [-0.25, -0.2) is 0 Å². The largest absolute Gasteiger partial charge is 0.493 e.